The van der Waals surface area contributed by atoms with Gasteiger partial charge in [0, 0.05) is 0 Å². The lowest BCUT2D eigenvalue weighted by atomic mass is 10.1. The summed E-state index contributed by atoms with van der Waals surface area (Å²) in [5.74, 6) is -0.759. The molecule has 0 bridgehead atoms. The fraction of sp³-hybridized carbons (Fsp3) is 0.500. The average molecular weight is 363 g/mol. The van der Waals surface area contributed by atoms with Crippen molar-refractivity contribution in [2.75, 3.05) is 19.8 Å². The van der Waals surface area contributed by atoms with Gasteiger partial charge in [0.2, 0.25) is 0 Å². The van der Waals surface area contributed by atoms with Gasteiger partial charge in [-0.1, -0.05) is 39.3 Å². The van der Waals surface area contributed by atoms with Crippen LogP contribution in [0.2, 0.25) is 0 Å². The number of likely N-dealkylation sites (N-methyl/N-ethyl adjacent to an activating group) is 1. The number of aryl methyl sites for hydroxylation is 1. The second-order valence-electron chi connectivity index (χ2n) is 3.87. The highest BCUT2D eigenvalue weighted by Crippen LogP contribution is 2.19. The summed E-state index contributed by atoms with van der Waals surface area (Å²) < 4.78 is 26.3. The number of hydrogen-bond donors (Lipinski definition) is 2. The third-order valence-electron chi connectivity index (χ3n) is 1.86. The fourth-order valence-corrected chi connectivity index (χ4v) is 1.63. The molecule has 0 aromatic heterocycles. The number of benzene rings is 1. The number of aldehydes is 1. The smallest absolute Gasteiger partial charge is 0.317 e. The zero-order chi connectivity index (χ0) is 19.8. The van der Waals surface area contributed by atoms with E-state index in [9.17, 15) is 18.0 Å². The van der Waals surface area contributed by atoms with Crippen molar-refractivity contribution < 1.29 is 27.3 Å². The van der Waals surface area contributed by atoms with E-state index in [1.54, 1.807) is 26.1 Å². The Morgan fingerprint density at radius 3 is 2.04 bits per heavy atom. The number of carboxylic acid groups (broad SMARTS) is 1. The van der Waals surface area contributed by atoms with E-state index in [0.717, 1.165) is 11.8 Å². The van der Waals surface area contributed by atoms with Gasteiger partial charge in [0.1, 0.15) is 0 Å². The van der Waals surface area contributed by atoms with Gasteiger partial charge in [0.15, 0.2) is 12.0 Å². The van der Waals surface area contributed by atoms with Gasteiger partial charge in [-0.3, -0.25) is 9.59 Å². The minimum atomic E-state index is -3.58. The fourth-order valence-electron chi connectivity index (χ4n) is 1.15. The lowest BCUT2D eigenvalue weighted by molar-refractivity contribution is -0.135. The molecule has 0 radical (unpaired) electrons. The van der Waals surface area contributed by atoms with E-state index in [1.165, 1.54) is 6.07 Å². The van der Waals surface area contributed by atoms with E-state index in [-0.39, 0.29) is 17.9 Å². The molecule has 140 valence electrons. The Morgan fingerprint density at radius 2 is 1.75 bits per heavy atom. The van der Waals surface area contributed by atoms with Gasteiger partial charge >= 0.3 is 16.1 Å². The summed E-state index contributed by atoms with van der Waals surface area (Å²) in [6.45, 7) is 9.84. The predicted octanol–water partition coefficient (Wildman–Crippen LogP) is 2.49. The Hall–Kier alpha value is -1.93. The standard InChI is InChI=1S/C9H10O4S.C3H7NO2.2C2H6/c1-7-3-4-9(8(5-7)6-10)13-14(2,11)12;1-4-2-3(5)6;2*1-2/h3-6H,1-2H3;4H,2H2,1H3,(H,5,6);2*1-2H3. The second-order valence-corrected chi connectivity index (χ2v) is 5.45. The molecule has 1 aromatic carbocycles. The van der Waals surface area contributed by atoms with Crippen LogP contribution in [0, 0.1) is 6.92 Å². The third-order valence-corrected chi connectivity index (χ3v) is 2.34. The van der Waals surface area contributed by atoms with Crippen LogP contribution in [-0.2, 0) is 14.9 Å². The van der Waals surface area contributed by atoms with Gasteiger partial charge < -0.3 is 14.6 Å². The number of aliphatic carboxylic acids is 1. The highest BCUT2D eigenvalue weighted by atomic mass is 32.2. The molecule has 24 heavy (non-hydrogen) atoms. The first kappa shape index (κ1) is 26.9. The van der Waals surface area contributed by atoms with E-state index in [1.807, 2.05) is 27.7 Å². The number of carboxylic acids is 1. The Labute approximate surface area is 145 Å². The lowest BCUT2D eigenvalue weighted by Gasteiger charge is -2.05. The van der Waals surface area contributed by atoms with E-state index >= 15 is 0 Å². The molecule has 0 aliphatic rings. The first-order valence-electron chi connectivity index (χ1n) is 7.51. The highest BCUT2D eigenvalue weighted by Gasteiger charge is 2.08. The van der Waals surface area contributed by atoms with Crippen molar-refractivity contribution in [3.05, 3.63) is 29.3 Å². The molecule has 7 nitrogen and oxygen atoms in total. The number of nitrogens with one attached hydrogen (secondary N) is 1. The second kappa shape index (κ2) is 15.9. The van der Waals surface area contributed by atoms with Crippen molar-refractivity contribution in [2.45, 2.75) is 34.6 Å². The van der Waals surface area contributed by atoms with Gasteiger partial charge in [0.25, 0.3) is 0 Å². The summed E-state index contributed by atoms with van der Waals surface area (Å²) in [6.07, 6.45) is 1.49. The summed E-state index contributed by atoms with van der Waals surface area (Å²) in [6, 6.07) is 4.70. The molecule has 0 amide bonds. The Bertz CT molecular complexity index is 570. The molecule has 0 aliphatic carbocycles. The van der Waals surface area contributed by atoms with E-state index in [0.29, 0.717) is 6.29 Å². The average Bonchev–Trinajstić information content (AvgIpc) is 2.52. The predicted molar refractivity (Wildman–Crippen MR) is 96.3 cm³/mol. The molecule has 0 atom stereocenters. The van der Waals surface area contributed by atoms with Crippen LogP contribution in [0.4, 0.5) is 0 Å². The van der Waals surface area contributed by atoms with Crippen molar-refractivity contribution in [3.8, 4) is 5.75 Å². The Morgan fingerprint density at radius 1 is 1.25 bits per heavy atom. The first-order chi connectivity index (χ1) is 11.2. The van der Waals surface area contributed by atoms with E-state index in [2.05, 4.69) is 9.50 Å². The van der Waals surface area contributed by atoms with E-state index in [4.69, 9.17) is 5.11 Å². The molecule has 8 heteroatoms. The number of carbonyl (C=O) groups excluding carboxylic acids is 1. The van der Waals surface area contributed by atoms with Crippen molar-refractivity contribution >= 4 is 22.4 Å². The minimum Gasteiger partial charge on any atom is -0.480 e. The topological polar surface area (TPSA) is 110 Å². The Balaban J connectivity index is -0.000000371. The van der Waals surface area contributed by atoms with Gasteiger partial charge in [0.05, 0.1) is 18.4 Å². The van der Waals surface area contributed by atoms with Crippen LogP contribution in [0.15, 0.2) is 18.2 Å². The first-order valence-corrected chi connectivity index (χ1v) is 9.33. The number of rotatable bonds is 5. The van der Waals surface area contributed by atoms with Gasteiger partial charge in [-0.05, 0) is 26.1 Å². The van der Waals surface area contributed by atoms with Crippen LogP contribution in [-0.4, -0.2) is 45.6 Å². The van der Waals surface area contributed by atoms with Crippen LogP contribution in [0.3, 0.4) is 0 Å². The van der Waals surface area contributed by atoms with Crippen LogP contribution in [0.5, 0.6) is 5.75 Å². The maximum absolute atomic E-state index is 10.8. The molecule has 0 aliphatic heterocycles. The van der Waals surface area contributed by atoms with Crippen molar-refractivity contribution in [1.29, 1.82) is 0 Å². The summed E-state index contributed by atoms with van der Waals surface area (Å²) in [5, 5.41) is 10.3. The normalized spacial score (nSPS) is 8.96. The van der Waals surface area contributed by atoms with Crippen LogP contribution in [0.1, 0.15) is 43.6 Å². The number of carbonyl (C=O) groups is 2. The molecule has 0 unspecified atom stereocenters. The zero-order valence-corrected chi connectivity index (χ0v) is 16.2. The van der Waals surface area contributed by atoms with Crippen molar-refractivity contribution in [2.24, 2.45) is 0 Å². The summed E-state index contributed by atoms with van der Waals surface area (Å²) >= 11 is 0. The third kappa shape index (κ3) is 16.4. The molecule has 0 fully saturated rings. The maximum Gasteiger partial charge on any atom is 0.317 e. The molecular weight excluding hydrogens is 334 g/mol. The van der Waals surface area contributed by atoms with Crippen LogP contribution >= 0.6 is 0 Å². The summed E-state index contributed by atoms with van der Waals surface area (Å²) in [4.78, 5) is 20.1. The lowest BCUT2D eigenvalue weighted by Crippen LogP contribution is -2.16. The van der Waals surface area contributed by atoms with Crippen LogP contribution in [0.25, 0.3) is 0 Å². The summed E-state index contributed by atoms with van der Waals surface area (Å²) in [7, 11) is -1.99. The molecule has 0 saturated carbocycles. The molecule has 1 rings (SSSR count). The Kier molecular flexibility index (Phi) is 17.9. The highest BCUT2D eigenvalue weighted by molar-refractivity contribution is 7.86. The maximum atomic E-state index is 10.8. The van der Waals surface area contributed by atoms with Gasteiger partial charge in [-0.15, -0.1) is 0 Å². The molecule has 1 aromatic rings. The van der Waals surface area contributed by atoms with E-state index < -0.39 is 16.1 Å². The monoisotopic (exact) mass is 363 g/mol. The summed E-state index contributed by atoms with van der Waals surface area (Å²) in [5.41, 5.74) is 1.10. The minimum absolute atomic E-state index is 0.0417. The van der Waals surface area contributed by atoms with Crippen LogP contribution < -0.4 is 9.50 Å². The molecular formula is C16H29NO6S. The van der Waals surface area contributed by atoms with Gasteiger partial charge in [-0.2, -0.15) is 8.42 Å². The van der Waals surface area contributed by atoms with Crippen molar-refractivity contribution in [1.82, 2.24) is 5.32 Å². The van der Waals surface area contributed by atoms with Gasteiger partial charge in [-0.25, -0.2) is 0 Å². The molecule has 2 N–H and O–H groups in total. The van der Waals surface area contributed by atoms with Crippen molar-refractivity contribution in [3.63, 3.8) is 0 Å². The zero-order valence-electron chi connectivity index (χ0n) is 15.4. The molecule has 0 heterocycles. The SMILES string of the molecule is CC.CC.CNCC(=O)O.Cc1ccc(OS(C)(=O)=O)c(C=O)c1. The molecule has 0 spiro atoms. The quantitative estimate of drug-likeness (QED) is 0.611. The number of hydrogen-bond acceptors (Lipinski definition) is 6. The largest absolute Gasteiger partial charge is 0.480 e. The molecule has 0 saturated heterocycles.